The van der Waals surface area contributed by atoms with Crippen LogP contribution in [0.5, 0.6) is 11.5 Å². The third kappa shape index (κ3) is 6.05. The summed E-state index contributed by atoms with van der Waals surface area (Å²) in [5.41, 5.74) is 10.2. The number of carbonyl (C=O) groups excluding carboxylic acids is 3. The largest absolute Gasteiger partial charge is 0.507 e. The molecule has 0 saturated heterocycles. The van der Waals surface area contributed by atoms with E-state index in [0.29, 0.717) is 34.3 Å². The lowest BCUT2D eigenvalue weighted by molar-refractivity contribution is -0.138. The molecule has 5 aromatic carbocycles. The highest BCUT2D eigenvalue weighted by Gasteiger charge is 2.38. The van der Waals surface area contributed by atoms with Crippen molar-refractivity contribution in [3.05, 3.63) is 102 Å². The van der Waals surface area contributed by atoms with Crippen molar-refractivity contribution < 1.29 is 24.6 Å². The van der Waals surface area contributed by atoms with E-state index in [-0.39, 0.29) is 73.6 Å². The van der Waals surface area contributed by atoms with Crippen molar-refractivity contribution in [3.8, 4) is 11.5 Å². The number of alkyl halides is 2. The maximum Gasteiger partial charge on any atom is 0.246 e. The number of amides is 3. The maximum absolute atomic E-state index is 14.2. The molecule has 3 amide bonds. The first kappa shape index (κ1) is 33.5. The Morgan fingerprint density at radius 3 is 1.58 bits per heavy atom. The number of hydrogen-bond donors (Lipinski definition) is 3. The summed E-state index contributed by atoms with van der Waals surface area (Å²) in [4.78, 5) is 46.6. The average molecular weight is 712 g/mol. The predicted molar refractivity (Wildman–Crippen MR) is 199 cm³/mol. The third-order valence-corrected chi connectivity index (χ3v) is 10.6. The number of nitrogen functional groups attached to an aromatic ring is 1. The Labute approximate surface area is 299 Å². The van der Waals surface area contributed by atoms with Crippen LogP contribution in [0.25, 0.3) is 21.5 Å². The lowest BCUT2D eigenvalue weighted by Crippen LogP contribution is -2.48. The van der Waals surface area contributed by atoms with Crippen LogP contribution in [0.3, 0.4) is 0 Å². The number of halogens is 2. The minimum absolute atomic E-state index is 0.0382. The topological polar surface area (TPSA) is 127 Å². The zero-order valence-corrected chi connectivity index (χ0v) is 28.7. The van der Waals surface area contributed by atoms with Crippen molar-refractivity contribution in [2.24, 2.45) is 0 Å². The molecule has 11 heteroatoms. The molecule has 2 aliphatic heterocycles. The van der Waals surface area contributed by atoms with Gasteiger partial charge in [0.15, 0.2) is 0 Å². The summed E-state index contributed by atoms with van der Waals surface area (Å²) in [6.07, 6.45) is 0.447. The van der Waals surface area contributed by atoms with Crippen LogP contribution in [-0.2, 0) is 20.8 Å². The van der Waals surface area contributed by atoms with Crippen molar-refractivity contribution in [2.45, 2.75) is 24.7 Å². The van der Waals surface area contributed by atoms with Crippen LogP contribution in [0.4, 0.5) is 17.1 Å². The number of aryl methyl sites for hydroxylation is 1. The molecule has 2 atom stereocenters. The van der Waals surface area contributed by atoms with Gasteiger partial charge in [-0.05, 0) is 46.0 Å². The zero-order chi connectivity index (χ0) is 35.1. The second-order valence-corrected chi connectivity index (χ2v) is 13.6. The van der Waals surface area contributed by atoms with Crippen LogP contribution in [-0.4, -0.2) is 70.8 Å². The van der Waals surface area contributed by atoms with Gasteiger partial charge < -0.3 is 30.6 Å². The molecule has 9 nitrogen and oxygen atoms in total. The first-order valence-electron chi connectivity index (χ1n) is 16.5. The quantitative estimate of drug-likeness (QED) is 0.119. The Balaban J connectivity index is 1.19. The molecule has 2 unspecified atom stereocenters. The van der Waals surface area contributed by atoms with Crippen molar-refractivity contribution in [2.75, 3.05) is 53.5 Å². The molecule has 50 heavy (non-hydrogen) atoms. The van der Waals surface area contributed by atoms with Gasteiger partial charge in [0.05, 0.1) is 11.4 Å². The van der Waals surface area contributed by atoms with Crippen LogP contribution >= 0.6 is 23.2 Å². The fraction of sp³-hybridized carbons (Fsp3) is 0.256. The van der Waals surface area contributed by atoms with E-state index in [1.807, 2.05) is 60.7 Å². The van der Waals surface area contributed by atoms with Gasteiger partial charge >= 0.3 is 0 Å². The first-order valence-corrected chi connectivity index (χ1v) is 17.6. The molecule has 2 heterocycles. The van der Waals surface area contributed by atoms with Gasteiger partial charge in [-0.2, -0.15) is 0 Å². The number of rotatable bonds is 9. The van der Waals surface area contributed by atoms with E-state index in [2.05, 4.69) is 0 Å². The van der Waals surface area contributed by atoms with Crippen molar-refractivity contribution in [1.29, 1.82) is 0 Å². The summed E-state index contributed by atoms with van der Waals surface area (Å²) in [6, 6.07) is 25.2. The highest BCUT2D eigenvalue weighted by atomic mass is 35.5. The average Bonchev–Trinajstić information content (AvgIpc) is 3.70. The molecule has 7 rings (SSSR count). The first-order chi connectivity index (χ1) is 24.2. The van der Waals surface area contributed by atoms with E-state index in [9.17, 15) is 24.6 Å². The maximum atomic E-state index is 14.2. The summed E-state index contributed by atoms with van der Waals surface area (Å²) >= 11 is 12.8. The van der Waals surface area contributed by atoms with Gasteiger partial charge in [-0.15, -0.1) is 23.2 Å². The van der Waals surface area contributed by atoms with E-state index in [4.69, 9.17) is 28.9 Å². The van der Waals surface area contributed by atoms with Gasteiger partial charge in [-0.3, -0.25) is 14.4 Å². The highest BCUT2D eigenvalue weighted by Crippen LogP contribution is 2.46. The monoisotopic (exact) mass is 710 g/mol. The number of phenolic OH excluding ortho intramolecular Hbond substituents is 2. The van der Waals surface area contributed by atoms with Crippen LogP contribution in [0.1, 0.15) is 34.9 Å². The van der Waals surface area contributed by atoms with Crippen LogP contribution in [0.15, 0.2) is 84.9 Å². The number of nitrogens with zero attached hydrogens (tertiary/aromatic N) is 3. The summed E-state index contributed by atoms with van der Waals surface area (Å²) in [5, 5.41) is 24.7. The fourth-order valence-electron chi connectivity index (χ4n) is 7.40. The van der Waals surface area contributed by atoms with E-state index >= 15 is 0 Å². The molecule has 2 aliphatic rings. The molecular formula is C39H36Cl2N4O5. The molecule has 0 aromatic heterocycles. The molecule has 0 saturated carbocycles. The van der Waals surface area contributed by atoms with Gasteiger partial charge in [-0.1, -0.05) is 60.7 Å². The Hall–Kier alpha value is -4.99. The third-order valence-electron chi connectivity index (χ3n) is 9.88. The molecule has 0 aliphatic carbocycles. The van der Waals surface area contributed by atoms with Crippen LogP contribution in [0, 0.1) is 0 Å². The molecule has 0 radical (unpaired) electrons. The molecule has 5 aromatic rings. The minimum atomic E-state index is -0.397. The van der Waals surface area contributed by atoms with Crippen molar-refractivity contribution in [3.63, 3.8) is 0 Å². The normalized spacial score (nSPS) is 16.5. The number of fused-ring (bicyclic) bond motifs is 6. The number of benzene rings is 5. The molecule has 0 spiro atoms. The number of anilines is 3. The number of phenols is 2. The molecule has 0 fully saturated rings. The summed E-state index contributed by atoms with van der Waals surface area (Å²) in [7, 11) is 0. The Morgan fingerprint density at radius 1 is 0.700 bits per heavy atom. The van der Waals surface area contributed by atoms with Crippen molar-refractivity contribution in [1.82, 2.24) is 4.90 Å². The molecular weight excluding hydrogens is 675 g/mol. The van der Waals surface area contributed by atoms with E-state index < -0.39 is 11.8 Å². The number of hydrogen-bond acceptors (Lipinski definition) is 6. The zero-order valence-electron chi connectivity index (χ0n) is 27.2. The Kier molecular flexibility index (Phi) is 9.20. The van der Waals surface area contributed by atoms with Crippen LogP contribution in [0.2, 0.25) is 0 Å². The SMILES string of the molecule is Nc1ccc(CCC(=O)N(CC(=O)N2CC(CCl)c3c2cc(O)c2ccccc32)CC(=O)N2CC(CCl)c3c2cc(O)c2ccccc32)cc1. The smallest absolute Gasteiger partial charge is 0.246 e. The highest BCUT2D eigenvalue weighted by molar-refractivity contribution is 6.19. The van der Waals surface area contributed by atoms with Gasteiger partial charge in [-0.25, -0.2) is 0 Å². The van der Waals surface area contributed by atoms with Gasteiger partial charge in [0, 0.05) is 71.7 Å². The lowest BCUT2D eigenvalue weighted by Gasteiger charge is -2.28. The summed E-state index contributed by atoms with van der Waals surface area (Å²) in [6.45, 7) is -0.181. The van der Waals surface area contributed by atoms with Gasteiger partial charge in [0.25, 0.3) is 0 Å². The molecule has 256 valence electrons. The Morgan fingerprint density at radius 2 is 1.14 bits per heavy atom. The number of carbonyl (C=O) groups is 3. The van der Waals surface area contributed by atoms with Crippen LogP contribution < -0.4 is 15.5 Å². The Bertz CT molecular complexity index is 2020. The molecule has 4 N–H and O–H groups in total. The lowest BCUT2D eigenvalue weighted by atomic mass is 9.95. The van der Waals surface area contributed by atoms with Crippen molar-refractivity contribution >= 4 is 79.5 Å². The van der Waals surface area contributed by atoms with E-state index in [0.717, 1.165) is 27.5 Å². The van der Waals surface area contributed by atoms with Gasteiger partial charge in [0.1, 0.15) is 24.6 Å². The second kappa shape index (κ2) is 13.7. The number of nitrogens with two attached hydrogens (primary N) is 1. The summed E-state index contributed by atoms with van der Waals surface area (Å²) < 4.78 is 0. The molecule has 0 bridgehead atoms. The minimum Gasteiger partial charge on any atom is -0.507 e. The van der Waals surface area contributed by atoms with E-state index in [1.54, 1.807) is 34.1 Å². The van der Waals surface area contributed by atoms with E-state index in [1.165, 1.54) is 4.90 Å². The summed E-state index contributed by atoms with van der Waals surface area (Å²) in [5.74, 6) is -0.947. The van der Waals surface area contributed by atoms with Gasteiger partial charge in [0.2, 0.25) is 17.7 Å². The fourth-order valence-corrected chi connectivity index (χ4v) is 7.90. The number of aromatic hydroxyl groups is 2. The second-order valence-electron chi connectivity index (χ2n) is 13.0. The standard InChI is InChI=1S/C39H36Cl2N4O5/c40-17-24-19-44(31-15-33(46)27-5-1-3-7-29(27)38(24)31)36(49)21-43(35(48)14-11-23-9-12-26(42)13-10-23)22-37(50)45-20-25(18-41)39-30-8-4-2-6-28(30)34(47)16-32(39)45/h1-10,12-13,15-16,24-25,46-47H,11,14,17-22,42H2. The predicted octanol–water partition coefficient (Wildman–Crippen LogP) is 6.49.